The smallest absolute Gasteiger partial charge is 0.137 e. The predicted octanol–water partition coefficient (Wildman–Crippen LogP) is 5.07. The summed E-state index contributed by atoms with van der Waals surface area (Å²) >= 11 is 9.51. The second-order valence-corrected chi connectivity index (χ2v) is 6.17. The molecule has 3 heterocycles. The molecule has 0 aliphatic carbocycles. The summed E-state index contributed by atoms with van der Waals surface area (Å²) in [6.45, 7) is 4.28. The Balaban J connectivity index is 2.28. The first-order valence-electron chi connectivity index (χ1n) is 6.90. The number of nitrogens with zero attached hydrogens (tertiary/aromatic N) is 3. The molecule has 0 unspecified atom stereocenters. The molecule has 0 spiro atoms. The van der Waals surface area contributed by atoms with Gasteiger partial charge in [0.2, 0.25) is 0 Å². The summed E-state index contributed by atoms with van der Waals surface area (Å²) in [6, 6.07) is 8.08. The van der Waals surface area contributed by atoms with Gasteiger partial charge in [-0.15, -0.1) is 0 Å². The minimum Gasteiger partial charge on any atom is -0.301 e. The minimum atomic E-state index is 0.601. The molecule has 0 aliphatic rings. The quantitative estimate of drug-likeness (QED) is 0.607. The van der Waals surface area contributed by atoms with Crippen LogP contribution in [0.1, 0.15) is 24.7 Å². The summed E-state index contributed by atoms with van der Waals surface area (Å²) < 4.78 is 2.87. The fourth-order valence-electron chi connectivity index (χ4n) is 2.58. The van der Waals surface area contributed by atoms with Crippen LogP contribution in [0.2, 0.25) is 5.02 Å². The molecular weight excluding hydrogens is 350 g/mol. The van der Waals surface area contributed by atoms with Gasteiger partial charge in [-0.05, 0) is 47.5 Å². The van der Waals surface area contributed by atoms with E-state index >= 15 is 0 Å². The van der Waals surface area contributed by atoms with Gasteiger partial charge in [0.05, 0.1) is 16.4 Å². The van der Waals surface area contributed by atoms with Crippen LogP contribution < -0.4 is 0 Å². The Morgan fingerprint density at radius 3 is 2.86 bits per heavy atom. The van der Waals surface area contributed by atoms with Gasteiger partial charge in [0, 0.05) is 17.5 Å². The van der Waals surface area contributed by atoms with Crippen molar-refractivity contribution in [1.29, 1.82) is 0 Å². The lowest BCUT2D eigenvalue weighted by atomic mass is 10.1. The molecule has 0 saturated heterocycles. The Morgan fingerprint density at radius 2 is 2.14 bits per heavy atom. The first-order valence-corrected chi connectivity index (χ1v) is 8.07. The molecule has 0 bridgehead atoms. The normalized spacial score (nSPS) is 11.2. The number of pyridine rings is 2. The average molecular weight is 365 g/mol. The molecule has 0 aromatic carbocycles. The van der Waals surface area contributed by atoms with Crippen LogP contribution in [0.25, 0.3) is 16.9 Å². The van der Waals surface area contributed by atoms with Gasteiger partial charge in [0.25, 0.3) is 0 Å². The van der Waals surface area contributed by atoms with Gasteiger partial charge in [-0.25, -0.2) is 9.97 Å². The lowest BCUT2D eigenvalue weighted by molar-refractivity contribution is 0.858. The van der Waals surface area contributed by atoms with E-state index in [0.717, 1.165) is 29.7 Å². The highest BCUT2D eigenvalue weighted by Crippen LogP contribution is 2.30. The summed E-state index contributed by atoms with van der Waals surface area (Å²) in [6.07, 6.45) is 3.84. The SMILES string of the molecule is CCCc1c(-c2cnc(Br)c(Cl)c2)nc2cccc(C)n12. The molecule has 3 aromatic heterocycles. The predicted molar refractivity (Wildman–Crippen MR) is 89.9 cm³/mol. The van der Waals surface area contributed by atoms with E-state index < -0.39 is 0 Å². The van der Waals surface area contributed by atoms with E-state index in [1.165, 1.54) is 11.4 Å². The first kappa shape index (κ1) is 14.5. The van der Waals surface area contributed by atoms with Crippen LogP contribution in [0.15, 0.2) is 35.1 Å². The van der Waals surface area contributed by atoms with Gasteiger partial charge >= 0.3 is 0 Å². The minimum absolute atomic E-state index is 0.601. The highest BCUT2D eigenvalue weighted by Gasteiger charge is 2.15. The molecule has 5 heteroatoms. The van der Waals surface area contributed by atoms with Crippen LogP contribution in [0.4, 0.5) is 0 Å². The second kappa shape index (κ2) is 5.78. The van der Waals surface area contributed by atoms with Gasteiger partial charge in [0.1, 0.15) is 10.3 Å². The highest BCUT2D eigenvalue weighted by atomic mass is 79.9. The third kappa shape index (κ3) is 2.58. The zero-order chi connectivity index (χ0) is 15.0. The molecule has 0 saturated carbocycles. The zero-order valence-electron chi connectivity index (χ0n) is 11.9. The van der Waals surface area contributed by atoms with Gasteiger partial charge in [-0.2, -0.15) is 0 Å². The van der Waals surface area contributed by atoms with Crippen molar-refractivity contribution in [2.45, 2.75) is 26.7 Å². The van der Waals surface area contributed by atoms with E-state index in [1.54, 1.807) is 0 Å². The van der Waals surface area contributed by atoms with Crippen LogP contribution in [0.5, 0.6) is 0 Å². The first-order chi connectivity index (χ1) is 10.1. The van der Waals surface area contributed by atoms with Crippen molar-refractivity contribution >= 4 is 33.2 Å². The fraction of sp³-hybridized carbons (Fsp3) is 0.250. The summed E-state index contributed by atoms with van der Waals surface area (Å²) in [4.78, 5) is 9.07. The highest BCUT2D eigenvalue weighted by molar-refractivity contribution is 9.10. The van der Waals surface area contributed by atoms with Crippen molar-refractivity contribution < 1.29 is 0 Å². The van der Waals surface area contributed by atoms with Crippen LogP contribution in [0, 0.1) is 6.92 Å². The van der Waals surface area contributed by atoms with Crippen molar-refractivity contribution in [2.75, 3.05) is 0 Å². The van der Waals surface area contributed by atoms with Crippen molar-refractivity contribution in [2.24, 2.45) is 0 Å². The van der Waals surface area contributed by atoms with Gasteiger partial charge in [-0.3, -0.25) is 0 Å². The van der Waals surface area contributed by atoms with E-state index in [0.29, 0.717) is 9.63 Å². The number of aromatic nitrogens is 3. The molecule has 3 rings (SSSR count). The third-order valence-electron chi connectivity index (χ3n) is 3.49. The summed E-state index contributed by atoms with van der Waals surface area (Å²) in [5.74, 6) is 0. The number of halogens is 2. The number of fused-ring (bicyclic) bond motifs is 1. The Morgan fingerprint density at radius 1 is 1.33 bits per heavy atom. The topological polar surface area (TPSA) is 30.2 Å². The summed E-state index contributed by atoms with van der Waals surface area (Å²) in [7, 11) is 0. The molecule has 0 amide bonds. The third-order valence-corrected chi connectivity index (χ3v) is 4.64. The maximum absolute atomic E-state index is 6.18. The molecule has 3 nitrogen and oxygen atoms in total. The van der Waals surface area contributed by atoms with E-state index in [9.17, 15) is 0 Å². The monoisotopic (exact) mass is 363 g/mol. The number of hydrogen-bond acceptors (Lipinski definition) is 2. The number of hydrogen-bond donors (Lipinski definition) is 0. The molecule has 0 aliphatic heterocycles. The van der Waals surface area contributed by atoms with Crippen molar-refractivity contribution in [3.8, 4) is 11.3 Å². The maximum atomic E-state index is 6.18. The van der Waals surface area contributed by atoms with E-state index in [-0.39, 0.29) is 0 Å². The van der Waals surface area contributed by atoms with Crippen LogP contribution >= 0.6 is 27.5 Å². The molecule has 3 aromatic rings. The molecule has 108 valence electrons. The Bertz CT molecular complexity index is 811. The standard InChI is InChI=1S/C16H15BrClN3/c1-3-5-13-15(11-8-12(18)16(17)19-9-11)20-14-7-4-6-10(2)21(13)14/h4,6-9H,3,5H2,1-2H3. The van der Waals surface area contributed by atoms with Crippen molar-refractivity contribution in [3.63, 3.8) is 0 Å². The Kier molecular flexibility index (Phi) is 4.00. The van der Waals surface area contributed by atoms with E-state index in [1.807, 2.05) is 24.4 Å². The molecule has 0 fully saturated rings. The molecular formula is C16H15BrClN3. The lowest BCUT2D eigenvalue weighted by Gasteiger charge is -2.07. The van der Waals surface area contributed by atoms with Gasteiger partial charge < -0.3 is 4.40 Å². The van der Waals surface area contributed by atoms with Crippen molar-refractivity contribution in [1.82, 2.24) is 14.4 Å². The molecule has 21 heavy (non-hydrogen) atoms. The average Bonchev–Trinajstić information content (AvgIpc) is 2.83. The fourth-order valence-corrected chi connectivity index (χ4v) is 2.96. The summed E-state index contributed by atoms with van der Waals surface area (Å²) in [5.41, 5.74) is 5.28. The van der Waals surface area contributed by atoms with E-state index in [2.05, 4.69) is 45.2 Å². The molecule has 0 radical (unpaired) electrons. The Hall–Kier alpha value is -1.39. The Labute approximate surface area is 137 Å². The van der Waals surface area contributed by atoms with Gasteiger partial charge in [-0.1, -0.05) is 31.0 Å². The zero-order valence-corrected chi connectivity index (χ0v) is 14.2. The van der Waals surface area contributed by atoms with Crippen LogP contribution in [-0.4, -0.2) is 14.4 Å². The molecule has 0 N–H and O–H groups in total. The number of rotatable bonds is 3. The largest absolute Gasteiger partial charge is 0.301 e. The van der Waals surface area contributed by atoms with Gasteiger partial charge in [0.15, 0.2) is 0 Å². The van der Waals surface area contributed by atoms with Crippen molar-refractivity contribution in [3.05, 3.63) is 51.5 Å². The van der Waals surface area contributed by atoms with Crippen LogP contribution in [0.3, 0.4) is 0 Å². The van der Waals surface area contributed by atoms with E-state index in [4.69, 9.17) is 16.6 Å². The second-order valence-electron chi connectivity index (χ2n) is 5.01. The summed E-state index contributed by atoms with van der Waals surface area (Å²) in [5, 5.41) is 0.601. The van der Waals surface area contributed by atoms with Crippen LogP contribution in [-0.2, 0) is 6.42 Å². The maximum Gasteiger partial charge on any atom is 0.137 e. The number of imidazole rings is 1. The number of aryl methyl sites for hydroxylation is 2. The molecule has 0 atom stereocenters. The lowest BCUT2D eigenvalue weighted by Crippen LogP contribution is -1.98.